The molecular formula is C28H29NO6S. The fraction of sp³-hybridized carbons (Fsp3) is 0.357. The number of carbonyl (C=O) groups excluding carboxylic acids is 1. The highest BCUT2D eigenvalue weighted by molar-refractivity contribution is 7.90. The number of allylic oxidation sites excluding steroid dienone is 3. The molecule has 0 fully saturated rings. The van der Waals surface area contributed by atoms with E-state index in [0.717, 1.165) is 29.6 Å². The number of hydrogen-bond acceptors (Lipinski definition) is 5. The van der Waals surface area contributed by atoms with Crippen LogP contribution in [-0.4, -0.2) is 29.4 Å². The maximum atomic E-state index is 13.6. The molecule has 2 aliphatic rings. The van der Waals surface area contributed by atoms with Crippen LogP contribution in [0.5, 0.6) is 0 Å². The van der Waals surface area contributed by atoms with Crippen LogP contribution in [-0.2, 0) is 24.3 Å². The summed E-state index contributed by atoms with van der Waals surface area (Å²) in [5.41, 5.74) is 3.72. The Morgan fingerprint density at radius 2 is 1.78 bits per heavy atom. The third-order valence-corrected chi connectivity index (χ3v) is 8.05. The zero-order valence-corrected chi connectivity index (χ0v) is 21.0. The smallest absolute Gasteiger partial charge is 0.306 e. The SMILES string of the molecule is Cc1ccc(S(=O)(=O)n2ccc3c2C(OC(=O)CCCCCCC(=O)O)CC2=C(C#C3)CC=C2)cc1. The summed E-state index contributed by atoms with van der Waals surface area (Å²) in [6.45, 7) is 1.89. The minimum absolute atomic E-state index is 0.119. The number of aromatic nitrogens is 1. The fourth-order valence-electron chi connectivity index (χ4n) is 4.41. The van der Waals surface area contributed by atoms with Gasteiger partial charge < -0.3 is 9.84 Å². The van der Waals surface area contributed by atoms with Gasteiger partial charge in [0.1, 0.15) is 6.10 Å². The zero-order valence-electron chi connectivity index (χ0n) is 20.2. The van der Waals surface area contributed by atoms with Gasteiger partial charge in [0.15, 0.2) is 0 Å². The topological polar surface area (TPSA) is 103 Å². The molecule has 1 atom stereocenters. The maximum Gasteiger partial charge on any atom is 0.306 e. The number of rotatable bonds is 10. The second kappa shape index (κ2) is 11.0. The molecular weight excluding hydrogens is 478 g/mol. The molecule has 0 radical (unpaired) electrons. The van der Waals surface area contributed by atoms with E-state index in [2.05, 4.69) is 11.8 Å². The van der Waals surface area contributed by atoms with Gasteiger partial charge in [-0.3, -0.25) is 9.59 Å². The number of benzene rings is 1. The van der Waals surface area contributed by atoms with Crippen molar-refractivity contribution in [3.05, 3.63) is 76.6 Å². The van der Waals surface area contributed by atoms with E-state index in [1.807, 2.05) is 19.1 Å². The molecule has 0 amide bonds. The molecule has 1 aromatic heterocycles. The Morgan fingerprint density at radius 1 is 1.06 bits per heavy atom. The highest BCUT2D eigenvalue weighted by Gasteiger charge is 2.31. The molecule has 1 aromatic carbocycles. The maximum absolute atomic E-state index is 13.6. The molecule has 0 bridgehead atoms. The number of carboxylic acids is 1. The van der Waals surface area contributed by atoms with Gasteiger partial charge in [0.05, 0.1) is 16.2 Å². The van der Waals surface area contributed by atoms with E-state index < -0.39 is 28.1 Å². The van der Waals surface area contributed by atoms with E-state index in [1.54, 1.807) is 30.3 Å². The quantitative estimate of drug-likeness (QED) is 0.274. The third-order valence-electron chi connectivity index (χ3n) is 6.35. The van der Waals surface area contributed by atoms with Crippen molar-refractivity contribution in [3.8, 4) is 11.8 Å². The van der Waals surface area contributed by atoms with Crippen molar-refractivity contribution in [1.82, 2.24) is 3.97 Å². The number of aryl methyl sites for hydroxylation is 1. The average molecular weight is 508 g/mol. The Labute approximate surface area is 211 Å². The number of unbranched alkanes of at least 4 members (excludes halogenated alkanes) is 3. The predicted octanol–water partition coefficient (Wildman–Crippen LogP) is 5.05. The number of ether oxygens (including phenoxy) is 1. The van der Waals surface area contributed by atoms with E-state index in [-0.39, 0.29) is 17.7 Å². The molecule has 188 valence electrons. The number of carboxylic acid groups (broad SMARTS) is 1. The molecule has 1 N–H and O–H groups in total. The summed E-state index contributed by atoms with van der Waals surface area (Å²) in [4.78, 5) is 23.6. The van der Waals surface area contributed by atoms with Gasteiger partial charge in [-0.25, -0.2) is 12.4 Å². The molecule has 36 heavy (non-hydrogen) atoms. The van der Waals surface area contributed by atoms with Crippen molar-refractivity contribution in [1.29, 1.82) is 0 Å². The standard InChI is InChI=1S/C28H29NO6S/c1-20-11-15-24(16-12-20)36(33,34)29-18-17-22-14-13-21-7-6-8-23(21)19-25(28(22)29)35-27(32)10-5-3-2-4-9-26(30)31/h6,8,11-12,15-18,25H,2-5,7,9-10,19H2,1H3,(H,30,31). The van der Waals surface area contributed by atoms with Crippen molar-refractivity contribution in [2.45, 2.75) is 69.3 Å². The van der Waals surface area contributed by atoms with Crippen LogP contribution >= 0.6 is 0 Å². The summed E-state index contributed by atoms with van der Waals surface area (Å²) >= 11 is 0. The van der Waals surface area contributed by atoms with Gasteiger partial charge in [-0.2, -0.15) is 0 Å². The number of aliphatic carboxylic acids is 1. The first kappa shape index (κ1) is 25.5. The lowest BCUT2D eigenvalue weighted by atomic mass is 9.98. The Morgan fingerprint density at radius 3 is 2.50 bits per heavy atom. The molecule has 4 rings (SSSR count). The summed E-state index contributed by atoms with van der Waals surface area (Å²) in [7, 11) is -3.93. The van der Waals surface area contributed by atoms with Gasteiger partial charge in [-0.05, 0) is 50.0 Å². The second-order valence-electron chi connectivity index (χ2n) is 9.08. The fourth-order valence-corrected chi connectivity index (χ4v) is 5.81. The number of nitrogens with zero attached hydrogens (tertiary/aromatic N) is 1. The lowest BCUT2D eigenvalue weighted by Crippen LogP contribution is -2.21. The summed E-state index contributed by atoms with van der Waals surface area (Å²) in [6.07, 6.45) is 8.57. The zero-order chi connectivity index (χ0) is 25.7. The Bertz CT molecular complexity index is 1380. The summed E-state index contributed by atoms with van der Waals surface area (Å²) in [5.74, 6) is 5.02. The first-order chi connectivity index (χ1) is 17.3. The van der Waals surface area contributed by atoms with Crippen LogP contribution in [0.1, 0.15) is 74.3 Å². The number of carbonyl (C=O) groups is 2. The first-order valence-electron chi connectivity index (χ1n) is 12.1. The number of fused-ring (bicyclic) bond motifs is 1. The van der Waals surface area contributed by atoms with E-state index in [1.165, 1.54) is 10.2 Å². The molecule has 7 nitrogen and oxygen atoms in total. The van der Waals surface area contributed by atoms with Crippen LogP contribution in [0, 0.1) is 18.8 Å². The van der Waals surface area contributed by atoms with E-state index >= 15 is 0 Å². The summed E-state index contributed by atoms with van der Waals surface area (Å²) in [6, 6.07) is 8.28. The highest BCUT2D eigenvalue weighted by atomic mass is 32.2. The van der Waals surface area contributed by atoms with E-state index in [9.17, 15) is 18.0 Å². The second-order valence-corrected chi connectivity index (χ2v) is 10.9. The van der Waals surface area contributed by atoms with Gasteiger partial charge in [-0.15, -0.1) is 0 Å². The minimum Gasteiger partial charge on any atom is -0.481 e. The average Bonchev–Trinajstić information content (AvgIpc) is 3.45. The van der Waals surface area contributed by atoms with Crippen molar-refractivity contribution >= 4 is 22.0 Å². The van der Waals surface area contributed by atoms with Gasteiger partial charge in [0.2, 0.25) is 0 Å². The molecule has 2 aliphatic carbocycles. The summed E-state index contributed by atoms with van der Waals surface area (Å²) in [5, 5.41) is 8.74. The molecule has 8 heteroatoms. The van der Waals surface area contributed by atoms with Gasteiger partial charge in [-0.1, -0.05) is 54.5 Å². The van der Waals surface area contributed by atoms with Crippen LogP contribution in [0.3, 0.4) is 0 Å². The monoisotopic (exact) mass is 507 g/mol. The Kier molecular flexibility index (Phi) is 7.80. The van der Waals surface area contributed by atoms with Crippen LogP contribution in [0.15, 0.2) is 64.7 Å². The third kappa shape index (κ3) is 5.80. The minimum atomic E-state index is -3.93. The predicted molar refractivity (Wildman–Crippen MR) is 135 cm³/mol. The lowest BCUT2D eigenvalue weighted by molar-refractivity contribution is -0.149. The Balaban J connectivity index is 1.58. The van der Waals surface area contributed by atoms with E-state index in [0.29, 0.717) is 36.9 Å². The molecule has 2 aromatic rings. The number of hydrogen-bond donors (Lipinski definition) is 1. The van der Waals surface area contributed by atoms with Crippen molar-refractivity contribution in [2.75, 3.05) is 0 Å². The van der Waals surface area contributed by atoms with Gasteiger partial charge >= 0.3 is 11.9 Å². The lowest BCUT2D eigenvalue weighted by Gasteiger charge is -2.22. The Hall–Kier alpha value is -3.57. The molecule has 0 saturated carbocycles. The normalized spacial score (nSPS) is 16.4. The molecule has 1 unspecified atom stereocenters. The number of esters is 1. The van der Waals surface area contributed by atoms with Crippen LogP contribution in [0.25, 0.3) is 0 Å². The molecule has 0 spiro atoms. The molecule has 1 heterocycles. The first-order valence-corrected chi connectivity index (χ1v) is 13.5. The van der Waals surface area contributed by atoms with E-state index in [4.69, 9.17) is 9.84 Å². The molecule has 0 saturated heterocycles. The van der Waals surface area contributed by atoms with Gasteiger partial charge in [0.25, 0.3) is 10.0 Å². The van der Waals surface area contributed by atoms with Crippen LogP contribution in [0.4, 0.5) is 0 Å². The highest BCUT2D eigenvalue weighted by Crippen LogP contribution is 2.36. The molecule has 0 aliphatic heterocycles. The van der Waals surface area contributed by atoms with Gasteiger partial charge in [0, 0.05) is 31.0 Å². The van der Waals surface area contributed by atoms with Crippen molar-refractivity contribution < 1.29 is 27.9 Å². The van der Waals surface area contributed by atoms with Crippen molar-refractivity contribution in [2.24, 2.45) is 0 Å². The largest absolute Gasteiger partial charge is 0.481 e. The van der Waals surface area contributed by atoms with Crippen molar-refractivity contribution in [3.63, 3.8) is 0 Å². The van der Waals surface area contributed by atoms with Crippen LogP contribution in [0.2, 0.25) is 0 Å². The summed E-state index contributed by atoms with van der Waals surface area (Å²) < 4.78 is 34.2. The van der Waals surface area contributed by atoms with Crippen LogP contribution < -0.4 is 0 Å².